The van der Waals surface area contributed by atoms with E-state index in [9.17, 15) is 0 Å². The van der Waals surface area contributed by atoms with Gasteiger partial charge in [-0.2, -0.15) is 0 Å². The van der Waals surface area contributed by atoms with Gasteiger partial charge in [0, 0.05) is 23.0 Å². The molecular formula is C15H17N3. The molecule has 3 rings (SSSR count). The Hall–Kier alpha value is -1.74. The SMILES string of the molecule is Cc1ncc(-c2ccc(C3(N)CC3)cc2)c(C)n1. The Bertz CT molecular complexity index is 583. The summed E-state index contributed by atoms with van der Waals surface area (Å²) in [6, 6.07) is 8.48. The van der Waals surface area contributed by atoms with E-state index in [1.807, 2.05) is 20.0 Å². The fraction of sp³-hybridized carbons (Fsp3) is 0.333. The Morgan fingerprint density at radius 1 is 1.11 bits per heavy atom. The highest BCUT2D eigenvalue weighted by molar-refractivity contribution is 5.65. The molecule has 0 amide bonds. The molecule has 0 atom stereocenters. The number of rotatable bonds is 2. The highest BCUT2D eigenvalue weighted by atomic mass is 14.9. The van der Waals surface area contributed by atoms with Gasteiger partial charge in [-0.3, -0.25) is 0 Å². The second kappa shape index (κ2) is 3.89. The smallest absolute Gasteiger partial charge is 0.125 e. The van der Waals surface area contributed by atoms with Crippen molar-refractivity contribution in [3.63, 3.8) is 0 Å². The zero-order valence-electron chi connectivity index (χ0n) is 10.8. The van der Waals surface area contributed by atoms with E-state index in [1.54, 1.807) is 0 Å². The molecule has 2 aromatic rings. The maximum atomic E-state index is 6.18. The van der Waals surface area contributed by atoms with Crippen molar-refractivity contribution >= 4 is 0 Å². The monoisotopic (exact) mass is 239 g/mol. The summed E-state index contributed by atoms with van der Waals surface area (Å²) >= 11 is 0. The summed E-state index contributed by atoms with van der Waals surface area (Å²) in [7, 11) is 0. The van der Waals surface area contributed by atoms with Crippen LogP contribution in [0.4, 0.5) is 0 Å². The Morgan fingerprint density at radius 2 is 1.78 bits per heavy atom. The number of hydrogen-bond acceptors (Lipinski definition) is 3. The van der Waals surface area contributed by atoms with Crippen molar-refractivity contribution in [2.75, 3.05) is 0 Å². The van der Waals surface area contributed by atoms with Crippen LogP contribution < -0.4 is 5.73 Å². The van der Waals surface area contributed by atoms with Gasteiger partial charge in [-0.1, -0.05) is 24.3 Å². The van der Waals surface area contributed by atoms with Gasteiger partial charge in [0.2, 0.25) is 0 Å². The third kappa shape index (κ3) is 1.91. The standard InChI is InChI=1S/C15H17N3/c1-10-14(9-17-11(2)18-10)12-3-5-13(6-4-12)15(16)7-8-15/h3-6,9H,7-8,16H2,1-2H3. The molecule has 2 N–H and O–H groups in total. The maximum Gasteiger partial charge on any atom is 0.125 e. The minimum atomic E-state index is -0.0582. The number of nitrogens with two attached hydrogens (primary N) is 1. The molecule has 1 aliphatic carbocycles. The minimum absolute atomic E-state index is 0.0582. The molecule has 0 radical (unpaired) electrons. The summed E-state index contributed by atoms with van der Waals surface area (Å²) in [5.41, 5.74) is 10.6. The quantitative estimate of drug-likeness (QED) is 0.876. The normalized spacial score (nSPS) is 16.6. The fourth-order valence-corrected chi connectivity index (χ4v) is 2.27. The number of aryl methyl sites for hydroxylation is 2. The molecule has 1 aromatic heterocycles. The van der Waals surface area contributed by atoms with Crippen LogP contribution >= 0.6 is 0 Å². The van der Waals surface area contributed by atoms with Gasteiger partial charge in [0.25, 0.3) is 0 Å². The van der Waals surface area contributed by atoms with Crippen LogP contribution in [-0.2, 0) is 5.54 Å². The minimum Gasteiger partial charge on any atom is -0.321 e. The van der Waals surface area contributed by atoms with Gasteiger partial charge in [0.15, 0.2) is 0 Å². The summed E-state index contributed by atoms with van der Waals surface area (Å²) in [6.07, 6.45) is 4.08. The summed E-state index contributed by atoms with van der Waals surface area (Å²) in [5.74, 6) is 0.812. The van der Waals surface area contributed by atoms with E-state index in [-0.39, 0.29) is 5.54 Å². The van der Waals surface area contributed by atoms with Crippen LogP contribution in [0, 0.1) is 13.8 Å². The van der Waals surface area contributed by atoms with E-state index in [1.165, 1.54) is 5.56 Å². The summed E-state index contributed by atoms with van der Waals surface area (Å²) in [5, 5.41) is 0. The molecule has 1 saturated carbocycles. The van der Waals surface area contributed by atoms with E-state index in [0.717, 1.165) is 35.5 Å². The first-order valence-electron chi connectivity index (χ1n) is 6.28. The lowest BCUT2D eigenvalue weighted by Gasteiger charge is -2.11. The first-order valence-corrected chi connectivity index (χ1v) is 6.28. The molecule has 0 spiro atoms. The van der Waals surface area contributed by atoms with E-state index >= 15 is 0 Å². The van der Waals surface area contributed by atoms with E-state index in [2.05, 4.69) is 34.2 Å². The average molecular weight is 239 g/mol. The number of aromatic nitrogens is 2. The molecule has 18 heavy (non-hydrogen) atoms. The zero-order valence-corrected chi connectivity index (χ0v) is 10.8. The van der Waals surface area contributed by atoms with Crippen molar-refractivity contribution in [1.29, 1.82) is 0 Å². The summed E-state index contributed by atoms with van der Waals surface area (Å²) in [4.78, 5) is 8.66. The molecule has 0 bridgehead atoms. The molecule has 1 aliphatic rings. The van der Waals surface area contributed by atoms with Gasteiger partial charge >= 0.3 is 0 Å². The van der Waals surface area contributed by atoms with E-state index in [0.29, 0.717) is 0 Å². The molecule has 1 heterocycles. The van der Waals surface area contributed by atoms with Crippen molar-refractivity contribution < 1.29 is 0 Å². The highest BCUT2D eigenvalue weighted by Crippen LogP contribution is 2.42. The Morgan fingerprint density at radius 3 is 2.33 bits per heavy atom. The van der Waals surface area contributed by atoms with Crippen LogP contribution in [0.3, 0.4) is 0 Å². The number of benzene rings is 1. The molecule has 3 heteroatoms. The predicted molar refractivity (Wildman–Crippen MR) is 72.0 cm³/mol. The van der Waals surface area contributed by atoms with Crippen LogP contribution in [0.5, 0.6) is 0 Å². The summed E-state index contributed by atoms with van der Waals surface area (Å²) in [6.45, 7) is 3.92. The van der Waals surface area contributed by atoms with Gasteiger partial charge in [-0.05, 0) is 37.8 Å². The second-order valence-electron chi connectivity index (χ2n) is 5.15. The first-order chi connectivity index (χ1) is 8.58. The third-order valence-corrected chi connectivity index (χ3v) is 3.66. The van der Waals surface area contributed by atoms with Gasteiger partial charge in [-0.15, -0.1) is 0 Å². The Balaban J connectivity index is 1.97. The lowest BCUT2D eigenvalue weighted by Crippen LogP contribution is -2.18. The molecule has 0 unspecified atom stereocenters. The van der Waals surface area contributed by atoms with E-state index in [4.69, 9.17) is 5.73 Å². The third-order valence-electron chi connectivity index (χ3n) is 3.66. The molecule has 1 fully saturated rings. The molecule has 1 aromatic carbocycles. The highest BCUT2D eigenvalue weighted by Gasteiger charge is 2.39. The van der Waals surface area contributed by atoms with Crippen LogP contribution in [0.15, 0.2) is 30.5 Å². The summed E-state index contributed by atoms with van der Waals surface area (Å²) < 4.78 is 0. The number of hydrogen-bond donors (Lipinski definition) is 1. The van der Waals surface area contributed by atoms with Crippen LogP contribution in [-0.4, -0.2) is 9.97 Å². The topological polar surface area (TPSA) is 51.8 Å². The average Bonchev–Trinajstić information content (AvgIpc) is 3.09. The molecule has 0 saturated heterocycles. The Labute approximate surface area is 107 Å². The fourth-order valence-electron chi connectivity index (χ4n) is 2.27. The maximum absolute atomic E-state index is 6.18. The number of nitrogens with zero attached hydrogens (tertiary/aromatic N) is 2. The van der Waals surface area contributed by atoms with Crippen LogP contribution in [0.25, 0.3) is 11.1 Å². The lowest BCUT2D eigenvalue weighted by molar-refractivity contribution is 0.740. The zero-order chi connectivity index (χ0) is 12.8. The van der Waals surface area contributed by atoms with Crippen molar-refractivity contribution in [3.05, 3.63) is 47.5 Å². The van der Waals surface area contributed by atoms with E-state index < -0.39 is 0 Å². The molecule has 92 valence electrons. The largest absolute Gasteiger partial charge is 0.321 e. The second-order valence-corrected chi connectivity index (χ2v) is 5.15. The van der Waals surface area contributed by atoms with Gasteiger partial charge < -0.3 is 5.73 Å². The van der Waals surface area contributed by atoms with Gasteiger partial charge in [0.1, 0.15) is 5.82 Å². The van der Waals surface area contributed by atoms with Crippen LogP contribution in [0.1, 0.15) is 29.9 Å². The van der Waals surface area contributed by atoms with Crippen molar-refractivity contribution in [2.24, 2.45) is 5.73 Å². The van der Waals surface area contributed by atoms with Crippen molar-refractivity contribution in [2.45, 2.75) is 32.2 Å². The Kier molecular flexibility index (Phi) is 2.45. The molecular weight excluding hydrogens is 222 g/mol. The lowest BCUT2D eigenvalue weighted by atomic mass is 10.00. The first kappa shape index (κ1) is 11.4. The predicted octanol–water partition coefficient (Wildman–Crippen LogP) is 2.71. The van der Waals surface area contributed by atoms with Gasteiger partial charge in [-0.25, -0.2) is 9.97 Å². The van der Waals surface area contributed by atoms with Crippen molar-refractivity contribution in [3.8, 4) is 11.1 Å². The van der Waals surface area contributed by atoms with Crippen LogP contribution in [0.2, 0.25) is 0 Å². The molecule has 0 aliphatic heterocycles. The molecule has 3 nitrogen and oxygen atoms in total. The van der Waals surface area contributed by atoms with Crippen molar-refractivity contribution in [1.82, 2.24) is 9.97 Å². The van der Waals surface area contributed by atoms with Gasteiger partial charge in [0.05, 0.1) is 0 Å².